The van der Waals surface area contributed by atoms with Crippen molar-refractivity contribution in [2.45, 2.75) is 96.2 Å². The summed E-state index contributed by atoms with van der Waals surface area (Å²) in [7, 11) is 1.99. The summed E-state index contributed by atoms with van der Waals surface area (Å²) in [5, 5.41) is 15.5. The summed E-state index contributed by atoms with van der Waals surface area (Å²) in [5.74, 6) is 2.70. The molecule has 2 saturated carbocycles. The molecule has 0 unspecified atom stereocenters. The zero-order valence-corrected chi connectivity index (χ0v) is 20.5. The summed E-state index contributed by atoms with van der Waals surface area (Å²) in [6.07, 6.45) is 14.4. The van der Waals surface area contributed by atoms with Crippen molar-refractivity contribution in [2.75, 3.05) is 13.2 Å². The number of hydrogen-bond donors (Lipinski definition) is 2. The van der Waals surface area contributed by atoms with Crippen LogP contribution >= 0.6 is 24.0 Å². The lowest BCUT2D eigenvalue weighted by molar-refractivity contribution is 0.0277. The fourth-order valence-electron chi connectivity index (χ4n) is 4.09. The fraction of sp³-hybridized carbons (Fsp3) is 0.857. The lowest BCUT2D eigenvalue weighted by Crippen LogP contribution is -2.44. The highest BCUT2D eigenvalue weighted by molar-refractivity contribution is 14.0. The number of guanidine groups is 1. The van der Waals surface area contributed by atoms with Crippen LogP contribution in [0.25, 0.3) is 0 Å². The van der Waals surface area contributed by atoms with E-state index in [1.165, 1.54) is 64.2 Å². The first kappa shape index (κ1) is 24.4. The summed E-state index contributed by atoms with van der Waals surface area (Å²) in [6.45, 7) is 4.21. The van der Waals surface area contributed by atoms with E-state index in [1.54, 1.807) is 0 Å². The lowest BCUT2D eigenvalue weighted by Gasteiger charge is -2.25. The van der Waals surface area contributed by atoms with E-state index >= 15 is 0 Å². The molecule has 0 amide bonds. The quantitative estimate of drug-likeness (QED) is 0.237. The smallest absolute Gasteiger partial charge is 0.191 e. The Morgan fingerprint density at radius 1 is 1.07 bits per heavy atom. The molecule has 7 nitrogen and oxygen atoms in total. The van der Waals surface area contributed by atoms with Crippen molar-refractivity contribution in [3.05, 3.63) is 11.6 Å². The molecule has 0 aromatic carbocycles. The third-order valence-corrected chi connectivity index (χ3v) is 6.03. The predicted molar refractivity (Wildman–Crippen MR) is 128 cm³/mol. The van der Waals surface area contributed by atoms with Crippen LogP contribution in [-0.2, 0) is 18.3 Å². The van der Waals surface area contributed by atoms with E-state index in [-0.39, 0.29) is 24.0 Å². The Kier molecular flexibility index (Phi) is 11.3. The maximum absolute atomic E-state index is 6.04. The minimum atomic E-state index is 0. The van der Waals surface area contributed by atoms with Gasteiger partial charge in [0.25, 0.3) is 0 Å². The number of nitrogens with one attached hydrogen (secondary N) is 2. The Bertz CT molecular complexity index is 608. The molecule has 0 bridgehead atoms. The molecule has 0 spiro atoms. The summed E-state index contributed by atoms with van der Waals surface area (Å²) in [5.41, 5.74) is 0. The van der Waals surface area contributed by atoms with Gasteiger partial charge in [-0.1, -0.05) is 38.5 Å². The van der Waals surface area contributed by atoms with E-state index in [1.807, 2.05) is 18.5 Å². The van der Waals surface area contributed by atoms with Gasteiger partial charge in [0, 0.05) is 26.2 Å². The number of halogens is 1. The monoisotopic (exact) mass is 518 g/mol. The number of rotatable bonds is 8. The van der Waals surface area contributed by atoms with E-state index in [2.05, 4.69) is 20.8 Å². The second-order valence-corrected chi connectivity index (χ2v) is 8.28. The van der Waals surface area contributed by atoms with Gasteiger partial charge in [-0.3, -0.25) is 0 Å². The number of nitrogens with zero attached hydrogens (tertiary/aromatic N) is 4. The van der Waals surface area contributed by atoms with E-state index in [0.29, 0.717) is 18.7 Å². The molecule has 2 aliphatic rings. The van der Waals surface area contributed by atoms with Crippen molar-refractivity contribution in [2.24, 2.45) is 12.0 Å². The Labute approximate surface area is 192 Å². The van der Waals surface area contributed by atoms with Crippen molar-refractivity contribution in [3.8, 4) is 0 Å². The molecule has 0 saturated heterocycles. The van der Waals surface area contributed by atoms with Crippen LogP contribution in [0.15, 0.2) is 4.99 Å². The van der Waals surface area contributed by atoms with Gasteiger partial charge in [0.05, 0.1) is 6.10 Å². The van der Waals surface area contributed by atoms with Crippen LogP contribution in [0.1, 0.15) is 82.3 Å². The zero-order valence-electron chi connectivity index (χ0n) is 18.2. The standard InChI is InChI=1S/C21H38N6O.HI/c1-17-25-26-20(27(17)2)16-23-21(24-18-10-5-3-6-11-18)22-14-9-15-28-19-12-7-4-8-13-19;/h18-19H,3-16H2,1-2H3,(H2,22,23,24);1H. The summed E-state index contributed by atoms with van der Waals surface area (Å²) < 4.78 is 8.04. The Balaban J connectivity index is 0.00000300. The average molecular weight is 518 g/mol. The van der Waals surface area contributed by atoms with Gasteiger partial charge in [0.15, 0.2) is 11.8 Å². The highest BCUT2D eigenvalue weighted by atomic mass is 127. The van der Waals surface area contributed by atoms with Crippen molar-refractivity contribution >= 4 is 29.9 Å². The molecule has 8 heteroatoms. The lowest BCUT2D eigenvalue weighted by atomic mass is 9.96. The SMILES string of the molecule is Cc1nnc(CN=C(NCCCOC2CCCCC2)NC2CCCCC2)n1C.I. The van der Waals surface area contributed by atoms with Gasteiger partial charge < -0.3 is 19.9 Å². The van der Waals surface area contributed by atoms with Crippen LogP contribution in [0, 0.1) is 6.92 Å². The number of aromatic nitrogens is 3. The number of hydrogen-bond acceptors (Lipinski definition) is 4. The molecule has 0 radical (unpaired) electrons. The first-order chi connectivity index (χ1) is 13.7. The van der Waals surface area contributed by atoms with Gasteiger partial charge in [0.2, 0.25) is 0 Å². The van der Waals surface area contributed by atoms with Gasteiger partial charge in [-0.25, -0.2) is 4.99 Å². The molecular weight excluding hydrogens is 479 g/mol. The molecule has 29 heavy (non-hydrogen) atoms. The van der Waals surface area contributed by atoms with Gasteiger partial charge in [-0.15, -0.1) is 34.2 Å². The largest absolute Gasteiger partial charge is 0.378 e. The van der Waals surface area contributed by atoms with Gasteiger partial charge in [-0.2, -0.15) is 0 Å². The average Bonchev–Trinajstić information content (AvgIpc) is 3.05. The Morgan fingerprint density at radius 3 is 2.41 bits per heavy atom. The summed E-state index contributed by atoms with van der Waals surface area (Å²) in [6, 6.07) is 0.528. The van der Waals surface area contributed by atoms with E-state index in [4.69, 9.17) is 9.73 Å². The van der Waals surface area contributed by atoms with Crippen LogP contribution in [0.2, 0.25) is 0 Å². The van der Waals surface area contributed by atoms with Crippen molar-refractivity contribution in [1.29, 1.82) is 0 Å². The van der Waals surface area contributed by atoms with Crippen LogP contribution in [0.4, 0.5) is 0 Å². The molecule has 0 aliphatic heterocycles. The van der Waals surface area contributed by atoms with Crippen molar-refractivity contribution < 1.29 is 4.74 Å². The van der Waals surface area contributed by atoms with E-state index < -0.39 is 0 Å². The molecule has 0 atom stereocenters. The fourth-order valence-corrected chi connectivity index (χ4v) is 4.09. The van der Waals surface area contributed by atoms with E-state index in [0.717, 1.165) is 37.2 Å². The molecule has 1 aromatic rings. The van der Waals surface area contributed by atoms with Gasteiger partial charge in [-0.05, 0) is 39.0 Å². The van der Waals surface area contributed by atoms with Gasteiger partial charge in [0.1, 0.15) is 12.4 Å². The first-order valence-electron chi connectivity index (χ1n) is 11.2. The second kappa shape index (κ2) is 13.4. The third kappa shape index (κ3) is 8.39. The number of ether oxygens (including phenoxy) is 1. The highest BCUT2D eigenvalue weighted by Crippen LogP contribution is 2.20. The number of aryl methyl sites for hydroxylation is 1. The predicted octanol–water partition coefficient (Wildman–Crippen LogP) is 3.85. The first-order valence-corrected chi connectivity index (χ1v) is 11.2. The molecule has 1 aromatic heterocycles. The number of aliphatic imine (C=N–C) groups is 1. The molecule has 2 N–H and O–H groups in total. The summed E-state index contributed by atoms with van der Waals surface area (Å²) >= 11 is 0. The molecule has 2 aliphatic carbocycles. The minimum Gasteiger partial charge on any atom is -0.378 e. The van der Waals surface area contributed by atoms with Crippen LogP contribution in [-0.4, -0.2) is 46.0 Å². The highest BCUT2D eigenvalue weighted by Gasteiger charge is 2.16. The Hall–Kier alpha value is -0.900. The van der Waals surface area contributed by atoms with Crippen LogP contribution in [0.5, 0.6) is 0 Å². The third-order valence-electron chi connectivity index (χ3n) is 6.03. The van der Waals surface area contributed by atoms with Crippen LogP contribution in [0.3, 0.4) is 0 Å². The molecule has 3 rings (SSSR count). The Morgan fingerprint density at radius 2 is 1.76 bits per heavy atom. The summed E-state index contributed by atoms with van der Waals surface area (Å²) in [4.78, 5) is 4.78. The zero-order chi connectivity index (χ0) is 19.6. The minimum absolute atomic E-state index is 0. The molecule has 2 fully saturated rings. The van der Waals surface area contributed by atoms with Gasteiger partial charge >= 0.3 is 0 Å². The molecule has 1 heterocycles. The second-order valence-electron chi connectivity index (χ2n) is 8.28. The van der Waals surface area contributed by atoms with Crippen molar-refractivity contribution in [1.82, 2.24) is 25.4 Å². The maximum Gasteiger partial charge on any atom is 0.191 e. The molecular formula is C21H39IN6O. The van der Waals surface area contributed by atoms with E-state index in [9.17, 15) is 0 Å². The topological polar surface area (TPSA) is 76.4 Å². The van der Waals surface area contributed by atoms with Crippen molar-refractivity contribution in [3.63, 3.8) is 0 Å². The molecule has 166 valence electrons. The van der Waals surface area contributed by atoms with Crippen LogP contribution < -0.4 is 10.6 Å². The maximum atomic E-state index is 6.04. The normalized spacial score (nSPS) is 19.0.